The van der Waals surface area contributed by atoms with E-state index in [2.05, 4.69) is 10.3 Å². The number of hydrogen-bond donors (Lipinski definition) is 1. The normalized spacial score (nSPS) is 21.1. The van der Waals surface area contributed by atoms with Gasteiger partial charge in [0, 0.05) is 12.7 Å². The molecule has 0 aliphatic carbocycles. The van der Waals surface area contributed by atoms with Crippen molar-refractivity contribution in [2.45, 2.75) is 6.42 Å². The Kier molecular flexibility index (Phi) is 3.24. The quantitative estimate of drug-likeness (QED) is 0.832. The maximum atomic E-state index is 13.1. The highest BCUT2D eigenvalue weighted by atomic mass is 32.2. The molecule has 1 aromatic heterocycles. The van der Waals surface area contributed by atoms with E-state index in [1.54, 1.807) is 12.3 Å². The molecule has 1 aliphatic rings. The van der Waals surface area contributed by atoms with Crippen LogP contribution in [-0.2, 0) is 0 Å². The Bertz CT molecular complexity index is 300. The van der Waals surface area contributed by atoms with Gasteiger partial charge in [0.15, 0.2) is 11.6 Å². The number of thioether (sulfide) groups is 1. The highest BCUT2D eigenvalue weighted by Crippen LogP contribution is 2.23. The van der Waals surface area contributed by atoms with E-state index in [0.29, 0.717) is 11.7 Å². The third-order valence-corrected chi connectivity index (χ3v) is 3.57. The molecular formula is C10H13FN2S. The first-order valence-electron chi connectivity index (χ1n) is 4.78. The van der Waals surface area contributed by atoms with Crippen LogP contribution < -0.4 is 5.32 Å². The van der Waals surface area contributed by atoms with Gasteiger partial charge in [0.2, 0.25) is 0 Å². The molecule has 4 heteroatoms. The smallest absolute Gasteiger partial charge is 0.165 e. The number of nitrogens with one attached hydrogen (secondary N) is 1. The Hall–Kier alpha value is -0.770. The van der Waals surface area contributed by atoms with Crippen LogP contribution >= 0.6 is 11.8 Å². The van der Waals surface area contributed by atoms with Gasteiger partial charge in [0.05, 0.1) is 0 Å². The minimum absolute atomic E-state index is 0.266. The summed E-state index contributed by atoms with van der Waals surface area (Å²) in [6.07, 6.45) is 2.83. The van der Waals surface area contributed by atoms with Gasteiger partial charge in [-0.1, -0.05) is 0 Å². The van der Waals surface area contributed by atoms with Crippen LogP contribution in [0.3, 0.4) is 0 Å². The van der Waals surface area contributed by atoms with Gasteiger partial charge in [-0.25, -0.2) is 9.37 Å². The molecule has 1 aliphatic heterocycles. The molecule has 2 nitrogen and oxygen atoms in total. The van der Waals surface area contributed by atoms with Crippen molar-refractivity contribution in [1.82, 2.24) is 4.98 Å². The second-order valence-electron chi connectivity index (χ2n) is 3.44. The van der Waals surface area contributed by atoms with Crippen LogP contribution in [0.25, 0.3) is 0 Å². The molecule has 2 rings (SSSR count). The number of rotatable bonds is 3. The van der Waals surface area contributed by atoms with E-state index < -0.39 is 0 Å². The summed E-state index contributed by atoms with van der Waals surface area (Å²) in [6.45, 7) is 0.834. The van der Waals surface area contributed by atoms with Crippen molar-refractivity contribution in [1.29, 1.82) is 0 Å². The van der Waals surface area contributed by atoms with E-state index in [0.717, 1.165) is 6.54 Å². The lowest BCUT2D eigenvalue weighted by molar-refractivity contribution is 0.605. The molecule has 0 amide bonds. The fourth-order valence-corrected chi connectivity index (χ4v) is 2.79. The molecule has 1 aromatic rings. The van der Waals surface area contributed by atoms with E-state index in [1.807, 2.05) is 11.8 Å². The van der Waals surface area contributed by atoms with Gasteiger partial charge in [-0.05, 0) is 36.0 Å². The predicted molar refractivity (Wildman–Crippen MR) is 58.1 cm³/mol. The van der Waals surface area contributed by atoms with Crippen molar-refractivity contribution in [3.8, 4) is 0 Å². The van der Waals surface area contributed by atoms with Crippen LogP contribution in [0.15, 0.2) is 18.3 Å². The molecule has 2 heterocycles. The lowest BCUT2D eigenvalue weighted by Gasteiger charge is -2.10. The van der Waals surface area contributed by atoms with Gasteiger partial charge in [0.25, 0.3) is 0 Å². The Balaban J connectivity index is 1.88. The molecule has 0 saturated carbocycles. The largest absolute Gasteiger partial charge is 0.367 e. The van der Waals surface area contributed by atoms with Crippen LogP contribution in [0.2, 0.25) is 0 Å². The van der Waals surface area contributed by atoms with Crippen molar-refractivity contribution in [2.75, 3.05) is 23.4 Å². The van der Waals surface area contributed by atoms with Gasteiger partial charge in [-0.3, -0.25) is 0 Å². The molecule has 0 bridgehead atoms. The third kappa shape index (κ3) is 2.38. The molecule has 1 unspecified atom stereocenters. The average Bonchev–Trinajstić information content (AvgIpc) is 2.69. The Morgan fingerprint density at radius 2 is 2.57 bits per heavy atom. The zero-order valence-corrected chi connectivity index (χ0v) is 8.69. The lowest BCUT2D eigenvalue weighted by atomic mass is 10.1. The van der Waals surface area contributed by atoms with Crippen molar-refractivity contribution < 1.29 is 4.39 Å². The van der Waals surface area contributed by atoms with E-state index in [4.69, 9.17) is 0 Å². The van der Waals surface area contributed by atoms with Gasteiger partial charge >= 0.3 is 0 Å². The molecule has 1 saturated heterocycles. The molecule has 1 atom stereocenters. The predicted octanol–water partition coefficient (Wildman–Crippen LogP) is 2.39. The van der Waals surface area contributed by atoms with Crippen LogP contribution in [0.5, 0.6) is 0 Å². The molecule has 1 fully saturated rings. The van der Waals surface area contributed by atoms with Crippen molar-refractivity contribution in [3.63, 3.8) is 0 Å². The van der Waals surface area contributed by atoms with E-state index in [-0.39, 0.29) is 5.82 Å². The summed E-state index contributed by atoms with van der Waals surface area (Å²) >= 11 is 1.97. The monoisotopic (exact) mass is 212 g/mol. The summed E-state index contributed by atoms with van der Waals surface area (Å²) in [5.74, 6) is 3.20. The Morgan fingerprint density at radius 1 is 1.64 bits per heavy atom. The number of nitrogens with zero attached hydrogens (tertiary/aromatic N) is 1. The maximum Gasteiger partial charge on any atom is 0.165 e. The van der Waals surface area contributed by atoms with Gasteiger partial charge < -0.3 is 5.32 Å². The molecule has 1 N–H and O–H groups in total. The summed E-state index contributed by atoms with van der Waals surface area (Å²) in [6, 6.07) is 3.03. The standard InChI is InChI=1S/C10H13FN2S/c11-9-2-1-4-12-10(9)13-6-8-3-5-14-7-8/h1-2,4,8H,3,5-7H2,(H,12,13). The highest BCUT2D eigenvalue weighted by Gasteiger charge is 2.15. The molecule has 0 spiro atoms. The number of halogens is 1. The van der Waals surface area contributed by atoms with Crippen LogP contribution in [0, 0.1) is 11.7 Å². The van der Waals surface area contributed by atoms with Gasteiger partial charge in [0.1, 0.15) is 0 Å². The van der Waals surface area contributed by atoms with Gasteiger partial charge in [-0.15, -0.1) is 0 Å². The highest BCUT2D eigenvalue weighted by molar-refractivity contribution is 7.99. The second-order valence-corrected chi connectivity index (χ2v) is 4.59. The van der Waals surface area contributed by atoms with E-state index in [9.17, 15) is 4.39 Å². The SMILES string of the molecule is Fc1cccnc1NCC1CCSC1. The van der Waals surface area contributed by atoms with Crippen LogP contribution in [0.1, 0.15) is 6.42 Å². The zero-order valence-electron chi connectivity index (χ0n) is 7.87. The number of pyridine rings is 1. The Labute approximate surface area is 87.3 Å². The fraction of sp³-hybridized carbons (Fsp3) is 0.500. The average molecular weight is 212 g/mol. The first kappa shape index (κ1) is 9.77. The summed E-state index contributed by atoms with van der Waals surface area (Å²) in [5, 5.41) is 3.06. The lowest BCUT2D eigenvalue weighted by Crippen LogP contribution is -2.14. The van der Waals surface area contributed by atoms with E-state index in [1.165, 1.54) is 24.0 Å². The molecule has 76 valence electrons. The summed E-state index contributed by atoms with van der Waals surface area (Å²) < 4.78 is 13.1. The van der Waals surface area contributed by atoms with Crippen molar-refractivity contribution in [3.05, 3.63) is 24.1 Å². The first-order chi connectivity index (χ1) is 6.86. The minimum atomic E-state index is -0.266. The molecular weight excluding hydrogens is 199 g/mol. The third-order valence-electron chi connectivity index (χ3n) is 2.34. The summed E-state index contributed by atoms with van der Waals surface area (Å²) in [7, 11) is 0. The van der Waals surface area contributed by atoms with Crippen molar-refractivity contribution in [2.24, 2.45) is 5.92 Å². The van der Waals surface area contributed by atoms with Crippen LogP contribution in [0.4, 0.5) is 10.2 Å². The van der Waals surface area contributed by atoms with Gasteiger partial charge in [-0.2, -0.15) is 11.8 Å². The maximum absolute atomic E-state index is 13.1. The molecule has 14 heavy (non-hydrogen) atoms. The second kappa shape index (κ2) is 4.64. The van der Waals surface area contributed by atoms with E-state index >= 15 is 0 Å². The minimum Gasteiger partial charge on any atom is -0.367 e. The summed E-state index contributed by atoms with van der Waals surface area (Å²) in [5.41, 5.74) is 0. The molecule has 0 radical (unpaired) electrons. The number of hydrogen-bond acceptors (Lipinski definition) is 3. The first-order valence-corrected chi connectivity index (χ1v) is 5.94. The fourth-order valence-electron chi connectivity index (χ4n) is 1.50. The topological polar surface area (TPSA) is 24.9 Å². The van der Waals surface area contributed by atoms with Crippen LogP contribution in [-0.4, -0.2) is 23.0 Å². The van der Waals surface area contributed by atoms with Crippen molar-refractivity contribution >= 4 is 17.6 Å². The zero-order chi connectivity index (χ0) is 9.80. The number of anilines is 1. The number of aromatic nitrogens is 1. The Morgan fingerprint density at radius 3 is 3.29 bits per heavy atom. The summed E-state index contributed by atoms with van der Waals surface area (Å²) in [4.78, 5) is 3.95. The molecule has 0 aromatic carbocycles.